The molecule has 2 rings (SSSR count). The van der Waals surface area contributed by atoms with Crippen LogP contribution in [0, 0.1) is 0 Å². The smallest absolute Gasteiger partial charge is 0.294 e. The van der Waals surface area contributed by atoms with E-state index in [1.54, 1.807) is 0 Å². The third kappa shape index (κ3) is 1.46. The number of hydrogen-bond acceptors (Lipinski definition) is 3. The number of carbonyl (C=O) groups excluding carboxylic acids is 1. The van der Waals surface area contributed by atoms with Crippen LogP contribution in [0.1, 0.15) is 18.7 Å². The molecule has 16 heavy (non-hydrogen) atoms. The van der Waals surface area contributed by atoms with Gasteiger partial charge in [-0.2, -0.15) is 13.2 Å². The highest BCUT2D eigenvalue weighted by molar-refractivity contribution is 5.95. The van der Waals surface area contributed by atoms with E-state index >= 15 is 0 Å². The van der Waals surface area contributed by atoms with Crippen LogP contribution in [-0.4, -0.2) is 15.5 Å². The minimum Gasteiger partial charge on any atom is -0.294 e. The van der Waals surface area contributed by atoms with Crippen LogP contribution in [0.5, 0.6) is 0 Å². The van der Waals surface area contributed by atoms with Gasteiger partial charge in [0.25, 0.3) is 5.56 Å². The predicted octanol–water partition coefficient (Wildman–Crippen LogP) is 0.775. The molecule has 2 heterocycles. The topological polar surface area (TPSA) is 64.0 Å². The number of nitrogens with one attached hydrogen (secondary N) is 1. The van der Waals surface area contributed by atoms with E-state index < -0.39 is 29.4 Å². The number of nitrogens with zero attached hydrogens (tertiary/aromatic N) is 2. The second-order valence-electron chi connectivity index (χ2n) is 3.34. The molecule has 0 aromatic carbocycles. The van der Waals surface area contributed by atoms with Gasteiger partial charge in [0.2, 0.25) is 11.9 Å². The molecule has 0 saturated heterocycles. The van der Waals surface area contributed by atoms with Crippen molar-refractivity contribution in [3.63, 3.8) is 0 Å². The monoisotopic (exact) mass is 233 g/mol. The van der Waals surface area contributed by atoms with Crippen molar-refractivity contribution in [3.8, 4) is 0 Å². The van der Waals surface area contributed by atoms with Crippen molar-refractivity contribution in [2.75, 3.05) is 5.32 Å². The summed E-state index contributed by atoms with van der Waals surface area (Å²) >= 11 is 0. The van der Waals surface area contributed by atoms with Gasteiger partial charge in [0.1, 0.15) is 6.04 Å². The molecule has 1 N–H and O–H groups in total. The zero-order valence-corrected chi connectivity index (χ0v) is 8.00. The lowest BCUT2D eigenvalue weighted by atomic mass is 10.3. The minimum atomic E-state index is -4.70. The Balaban J connectivity index is 2.63. The van der Waals surface area contributed by atoms with Gasteiger partial charge in [-0.1, -0.05) is 0 Å². The second-order valence-corrected chi connectivity index (χ2v) is 3.34. The van der Waals surface area contributed by atoms with Gasteiger partial charge < -0.3 is 0 Å². The van der Waals surface area contributed by atoms with E-state index in [0.29, 0.717) is 6.07 Å². The number of rotatable bonds is 0. The summed E-state index contributed by atoms with van der Waals surface area (Å²) in [6, 6.07) is -0.461. The molecule has 5 nitrogen and oxygen atoms in total. The Morgan fingerprint density at radius 2 is 2.06 bits per heavy atom. The van der Waals surface area contributed by atoms with Crippen LogP contribution in [0.2, 0.25) is 0 Å². The second kappa shape index (κ2) is 3.06. The molecule has 1 aromatic heterocycles. The van der Waals surface area contributed by atoms with Crippen molar-refractivity contribution in [1.82, 2.24) is 9.55 Å². The molecule has 0 aliphatic carbocycles. The van der Waals surface area contributed by atoms with Crippen molar-refractivity contribution in [1.29, 1.82) is 0 Å². The Kier molecular flexibility index (Phi) is 2.04. The zero-order chi connectivity index (χ0) is 12.1. The molecule has 1 aliphatic heterocycles. The van der Waals surface area contributed by atoms with E-state index in [1.807, 2.05) is 0 Å². The van der Waals surface area contributed by atoms with Crippen molar-refractivity contribution < 1.29 is 18.0 Å². The molecule has 0 fully saturated rings. The lowest BCUT2D eigenvalue weighted by Crippen LogP contribution is -2.24. The van der Waals surface area contributed by atoms with Crippen LogP contribution in [-0.2, 0) is 11.0 Å². The van der Waals surface area contributed by atoms with Crippen molar-refractivity contribution in [2.24, 2.45) is 0 Å². The predicted molar refractivity (Wildman–Crippen MR) is 46.8 cm³/mol. The molecule has 1 aromatic rings. The van der Waals surface area contributed by atoms with Gasteiger partial charge in [-0.25, -0.2) is 4.98 Å². The maximum atomic E-state index is 12.3. The molecule has 86 valence electrons. The van der Waals surface area contributed by atoms with E-state index in [-0.39, 0.29) is 5.95 Å². The van der Waals surface area contributed by atoms with E-state index in [4.69, 9.17) is 0 Å². The Bertz CT molecular complexity index is 520. The quantitative estimate of drug-likeness (QED) is 0.720. The summed E-state index contributed by atoms with van der Waals surface area (Å²) in [4.78, 5) is 25.7. The van der Waals surface area contributed by atoms with Crippen LogP contribution >= 0.6 is 0 Å². The summed E-state index contributed by atoms with van der Waals surface area (Å²) in [5.74, 6) is -0.916. The number of aromatic nitrogens is 2. The molecular weight excluding hydrogens is 227 g/mol. The number of hydrogen-bond donors (Lipinski definition) is 1. The van der Waals surface area contributed by atoms with Gasteiger partial charge in [0.15, 0.2) is 5.69 Å². The lowest BCUT2D eigenvalue weighted by molar-refractivity contribution is -0.141. The van der Waals surface area contributed by atoms with Crippen molar-refractivity contribution in [3.05, 3.63) is 22.1 Å². The van der Waals surface area contributed by atoms with E-state index in [1.165, 1.54) is 6.92 Å². The maximum Gasteiger partial charge on any atom is 0.433 e. The van der Waals surface area contributed by atoms with E-state index in [0.717, 1.165) is 4.57 Å². The van der Waals surface area contributed by atoms with E-state index in [2.05, 4.69) is 10.3 Å². The van der Waals surface area contributed by atoms with Gasteiger partial charge in [-0.15, -0.1) is 0 Å². The molecule has 1 amide bonds. The normalized spacial score (nSPS) is 19.5. The molecule has 8 heteroatoms. The van der Waals surface area contributed by atoms with Crippen LogP contribution in [0.15, 0.2) is 10.9 Å². The number of halogens is 3. The summed E-state index contributed by atoms with van der Waals surface area (Å²) in [5, 5.41) is 2.11. The van der Waals surface area contributed by atoms with Crippen LogP contribution < -0.4 is 10.9 Å². The fraction of sp³-hybridized carbons (Fsp3) is 0.375. The Morgan fingerprint density at radius 3 is 2.62 bits per heavy atom. The maximum absolute atomic E-state index is 12.3. The average Bonchev–Trinajstić information content (AvgIpc) is 2.41. The first-order valence-electron chi connectivity index (χ1n) is 4.32. The van der Waals surface area contributed by atoms with Crippen LogP contribution in [0.4, 0.5) is 19.1 Å². The van der Waals surface area contributed by atoms with Crippen molar-refractivity contribution >= 4 is 11.9 Å². The van der Waals surface area contributed by atoms with Gasteiger partial charge in [-0.3, -0.25) is 19.5 Å². The highest BCUT2D eigenvalue weighted by Crippen LogP contribution is 2.29. The third-order valence-corrected chi connectivity index (χ3v) is 2.24. The van der Waals surface area contributed by atoms with Gasteiger partial charge in [0.05, 0.1) is 0 Å². The fourth-order valence-corrected chi connectivity index (χ4v) is 1.43. The first-order chi connectivity index (χ1) is 7.30. The highest BCUT2D eigenvalue weighted by Gasteiger charge is 2.37. The first kappa shape index (κ1) is 10.7. The standard InChI is InChI=1S/C8H6F3N3O2/c1-3-6(16)13-7-12-4(8(9,10)11)2-5(15)14(3)7/h2-3H,1H3,(H,12,13,16). The molecule has 0 radical (unpaired) electrons. The van der Waals surface area contributed by atoms with Crippen LogP contribution in [0.25, 0.3) is 0 Å². The third-order valence-electron chi connectivity index (χ3n) is 2.24. The average molecular weight is 233 g/mol. The molecule has 1 unspecified atom stereocenters. The highest BCUT2D eigenvalue weighted by atomic mass is 19.4. The zero-order valence-electron chi connectivity index (χ0n) is 8.00. The number of alkyl halides is 3. The van der Waals surface area contributed by atoms with Crippen molar-refractivity contribution in [2.45, 2.75) is 19.1 Å². The largest absolute Gasteiger partial charge is 0.433 e. The Labute approximate surface area is 86.9 Å². The molecule has 0 saturated carbocycles. The molecular formula is C8H6F3N3O2. The number of fused-ring (bicyclic) bond motifs is 1. The van der Waals surface area contributed by atoms with Crippen LogP contribution in [0.3, 0.4) is 0 Å². The summed E-state index contributed by atoms with van der Waals surface area (Å²) in [6.45, 7) is 1.40. The summed E-state index contributed by atoms with van der Waals surface area (Å²) in [5.41, 5.74) is -2.21. The summed E-state index contributed by atoms with van der Waals surface area (Å²) < 4.78 is 37.8. The first-order valence-corrected chi connectivity index (χ1v) is 4.32. The summed E-state index contributed by atoms with van der Waals surface area (Å²) in [6.07, 6.45) is -4.70. The van der Waals surface area contributed by atoms with Gasteiger partial charge in [0, 0.05) is 6.07 Å². The Hall–Kier alpha value is -1.86. The molecule has 1 aliphatic rings. The van der Waals surface area contributed by atoms with Gasteiger partial charge in [-0.05, 0) is 6.92 Å². The minimum absolute atomic E-state index is 0.364. The van der Waals surface area contributed by atoms with E-state index in [9.17, 15) is 22.8 Å². The summed E-state index contributed by atoms with van der Waals surface area (Å²) in [7, 11) is 0. The molecule has 0 bridgehead atoms. The number of amides is 1. The lowest BCUT2D eigenvalue weighted by Gasteiger charge is -2.08. The number of carbonyl (C=O) groups is 1. The Morgan fingerprint density at radius 1 is 1.44 bits per heavy atom. The molecule has 1 atom stereocenters. The number of anilines is 1. The van der Waals surface area contributed by atoms with Gasteiger partial charge >= 0.3 is 6.18 Å². The SMILES string of the molecule is CC1C(=O)Nc2nc(C(F)(F)F)cc(=O)n21. The molecule has 0 spiro atoms. The fourth-order valence-electron chi connectivity index (χ4n) is 1.43.